The van der Waals surface area contributed by atoms with Crippen molar-refractivity contribution in [1.82, 2.24) is 14.9 Å². The third-order valence-corrected chi connectivity index (χ3v) is 3.07. The molecule has 1 aromatic heterocycles. The maximum atomic E-state index is 6.05. The molecule has 0 saturated heterocycles. The Hall–Kier alpha value is -1.06. The third-order valence-electron chi connectivity index (χ3n) is 2.84. The maximum Gasteiger partial charge on any atom is 0.111 e. The second kappa shape index (κ2) is 5.52. The zero-order valence-electron chi connectivity index (χ0n) is 10.3. The number of imidazole rings is 1. The molecule has 0 bridgehead atoms. The number of halogens is 1. The highest BCUT2D eigenvalue weighted by atomic mass is 35.5. The summed E-state index contributed by atoms with van der Waals surface area (Å²) in [6.07, 6.45) is 2.05. The van der Waals surface area contributed by atoms with Gasteiger partial charge >= 0.3 is 0 Å². The summed E-state index contributed by atoms with van der Waals surface area (Å²) in [5.41, 5.74) is 2.18. The number of nitrogens with one attached hydrogen (secondary N) is 1. The summed E-state index contributed by atoms with van der Waals surface area (Å²) in [4.78, 5) is 4.67. The lowest BCUT2D eigenvalue weighted by Crippen LogP contribution is -2.14. The molecule has 1 heterocycles. The summed E-state index contributed by atoms with van der Waals surface area (Å²) in [6, 6.07) is 5.89. The Labute approximate surface area is 107 Å². The van der Waals surface area contributed by atoms with Gasteiger partial charge in [-0.05, 0) is 31.7 Å². The monoisotopic (exact) mass is 251 g/mol. The Morgan fingerprint density at radius 2 is 2.24 bits per heavy atom. The van der Waals surface area contributed by atoms with E-state index in [-0.39, 0.29) is 0 Å². The number of hydrogen-bond donors (Lipinski definition) is 1. The van der Waals surface area contributed by atoms with Crippen molar-refractivity contribution in [3.8, 4) is 0 Å². The van der Waals surface area contributed by atoms with Gasteiger partial charge in [0.25, 0.3) is 0 Å². The first kappa shape index (κ1) is 12.4. The molecule has 0 atom stereocenters. The molecule has 0 aliphatic heterocycles. The SMILES string of the molecule is CCCn1c(CCNC)nc2ccc(Cl)cc21. The number of aryl methyl sites for hydroxylation is 1. The van der Waals surface area contributed by atoms with Gasteiger partial charge in [-0.1, -0.05) is 18.5 Å². The Morgan fingerprint density at radius 3 is 2.94 bits per heavy atom. The zero-order chi connectivity index (χ0) is 12.3. The van der Waals surface area contributed by atoms with E-state index in [0.29, 0.717) is 0 Å². The lowest BCUT2D eigenvalue weighted by atomic mass is 10.3. The van der Waals surface area contributed by atoms with Crippen LogP contribution in [-0.2, 0) is 13.0 Å². The molecule has 1 N–H and O–H groups in total. The number of aromatic nitrogens is 2. The predicted octanol–water partition coefficient (Wildman–Crippen LogP) is 2.86. The van der Waals surface area contributed by atoms with Gasteiger partial charge in [-0.2, -0.15) is 0 Å². The van der Waals surface area contributed by atoms with Gasteiger partial charge < -0.3 is 9.88 Å². The minimum Gasteiger partial charge on any atom is -0.328 e. The van der Waals surface area contributed by atoms with E-state index >= 15 is 0 Å². The minimum absolute atomic E-state index is 0.773. The van der Waals surface area contributed by atoms with Crippen LogP contribution < -0.4 is 5.32 Å². The van der Waals surface area contributed by atoms with E-state index in [4.69, 9.17) is 11.6 Å². The quantitative estimate of drug-likeness (QED) is 0.886. The van der Waals surface area contributed by atoms with Gasteiger partial charge in [0.15, 0.2) is 0 Å². The second-order valence-corrected chi connectivity index (χ2v) is 4.60. The van der Waals surface area contributed by atoms with E-state index in [1.54, 1.807) is 0 Å². The number of fused-ring (bicyclic) bond motifs is 1. The van der Waals surface area contributed by atoms with E-state index in [1.807, 2.05) is 25.2 Å². The molecule has 0 radical (unpaired) electrons. The van der Waals surface area contributed by atoms with Gasteiger partial charge in [-0.15, -0.1) is 0 Å². The van der Waals surface area contributed by atoms with Crippen molar-refractivity contribution in [2.45, 2.75) is 26.3 Å². The molecule has 3 nitrogen and oxygen atoms in total. The van der Waals surface area contributed by atoms with Crippen LogP contribution in [0.2, 0.25) is 5.02 Å². The molecule has 2 rings (SSSR count). The summed E-state index contributed by atoms with van der Waals surface area (Å²) in [6.45, 7) is 4.12. The number of rotatable bonds is 5. The summed E-state index contributed by atoms with van der Waals surface area (Å²) < 4.78 is 2.28. The largest absolute Gasteiger partial charge is 0.328 e. The van der Waals surface area contributed by atoms with Crippen LogP contribution in [0, 0.1) is 0 Å². The van der Waals surface area contributed by atoms with Gasteiger partial charge in [-0.25, -0.2) is 4.98 Å². The minimum atomic E-state index is 0.773. The van der Waals surface area contributed by atoms with E-state index < -0.39 is 0 Å². The molecule has 92 valence electrons. The summed E-state index contributed by atoms with van der Waals surface area (Å²) in [7, 11) is 1.96. The number of nitrogens with zero attached hydrogens (tertiary/aromatic N) is 2. The van der Waals surface area contributed by atoms with Crippen molar-refractivity contribution >= 4 is 22.6 Å². The molecule has 0 amide bonds. The highest BCUT2D eigenvalue weighted by molar-refractivity contribution is 6.31. The fraction of sp³-hybridized carbons (Fsp3) is 0.462. The van der Waals surface area contributed by atoms with Crippen molar-refractivity contribution < 1.29 is 0 Å². The molecule has 4 heteroatoms. The third kappa shape index (κ3) is 2.61. The summed E-state index contributed by atoms with van der Waals surface area (Å²) >= 11 is 6.05. The van der Waals surface area contributed by atoms with Crippen molar-refractivity contribution in [2.75, 3.05) is 13.6 Å². The Kier molecular flexibility index (Phi) is 4.02. The molecule has 0 aliphatic carbocycles. The van der Waals surface area contributed by atoms with Gasteiger partial charge in [-0.3, -0.25) is 0 Å². The molecule has 0 saturated carbocycles. The van der Waals surface area contributed by atoms with Gasteiger partial charge in [0.1, 0.15) is 5.82 Å². The fourth-order valence-electron chi connectivity index (χ4n) is 2.05. The highest BCUT2D eigenvalue weighted by Gasteiger charge is 2.09. The molecule has 0 spiro atoms. The highest BCUT2D eigenvalue weighted by Crippen LogP contribution is 2.21. The molecule has 2 aromatic rings. The fourth-order valence-corrected chi connectivity index (χ4v) is 2.21. The van der Waals surface area contributed by atoms with Crippen molar-refractivity contribution in [3.05, 3.63) is 29.0 Å². The normalized spacial score (nSPS) is 11.2. The molecule has 0 fully saturated rings. The van der Waals surface area contributed by atoms with Crippen molar-refractivity contribution in [2.24, 2.45) is 0 Å². The Bertz CT molecular complexity index is 505. The maximum absolute atomic E-state index is 6.05. The van der Waals surface area contributed by atoms with Gasteiger partial charge in [0, 0.05) is 24.5 Å². The first-order valence-corrected chi connectivity index (χ1v) is 6.43. The first-order valence-electron chi connectivity index (χ1n) is 6.05. The van der Waals surface area contributed by atoms with Crippen molar-refractivity contribution in [3.63, 3.8) is 0 Å². The van der Waals surface area contributed by atoms with Crippen LogP contribution in [0.4, 0.5) is 0 Å². The van der Waals surface area contributed by atoms with Crippen molar-refractivity contribution in [1.29, 1.82) is 0 Å². The standard InChI is InChI=1S/C13H18ClN3/c1-3-8-17-12-9-10(14)4-5-11(12)16-13(17)6-7-15-2/h4-5,9,15H,3,6-8H2,1-2H3. The predicted molar refractivity (Wildman–Crippen MR) is 72.7 cm³/mol. The van der Waals surface area contributed by atoms with Crippen LogP contribution in [0.5, 0.6) is 0 Å². The summed E-state index contributed by atoms with van der Waals surface area (Å²) in [5, 5.41) is 3.93. The second-order valence-electron chi connectivity index (χ2n) is 4.17. The molecule has 0 unspecified atom stereocenters. The number of hydrogen-bond acceptors (Lipinski definition) is 2. The topological polar surface area (TPSA) is 29.9 Å². The summed E-state index contributed by atoms with van der Waals surface area (Å²) in [5.74, 6) is 1.14. The average molecular weight is 252 g/mol. The number of likely N-dealkylation sites (N-methyl/N-ethyl adjacent to an activating group) is 1. The first-order chi connectivity index (χ1) is 8.26. The zero-order valence-corrected chi connectivity index (χ0v) is 11.1. The van der Waals surface area contributed by atoms with E-state index in [9.17, 15) is 0 Å². The van der Waals surface area contributed by atoms with Gasteiger partial charge in [0.05, 0.1) is 11.0 Å². The van der Waals surface area contributed by atoms with E-state index in [2.05, 4.69) is 21.8 Å². The van der Waals surface area contributed by atoms with Crippen LogP contribution in [0.3, 0.4) is 0 Å². The van der Waals surface area contributed by atoms with Gasteiger partial charge in [0.2, 0.25) is 0 Å². The van der Waals surface area contributed by atoms with Crippen LogP contribution in [0.1, 0.15) is 19.2 Å². The molecular formula is C13H18ClN3. The van der Waals surface area contributed by atoms with Crippen LogP contribution in [0.25, 0.3) is 11.0 Å². The van der Waals surface area contributed by atoms with E-state index in [1.165, 1.54) is 0 Å². The Balaban J connectivity index is 2.46. The Morgan fingerprint density at radius 1 is 1.41 bits per heavy atom. The smallest absolute Gasteiger partial charge is 0.111 e. The van der Waals surface area contributed by atoms with E-state index in [0.717, 1.165) is 47.8 Å². The van der Waals surface area contributed by atoms with Crippen LogP contribution in [-0.4, -0.2) is 23.1 Å². The van der Waals surface area contributed by atoms with Crippen LogP contribution >= 0.6 is 11.6 Å². The molecule has 17 heavy (non-hydrogen) atoms. The van der Waals surface area contributed by atoms with Crippen LogP contribution in [0.15, 0.2) is 18.2 Å². The molecule has 1 aromatic carbocycles. The molecular weight excluding hydrogens is 234 g/mol. The lowest BCUT2D eigenvalue weighted by molar-refractivity contribution is 0.638. The molecule has 0 aliphatic rings. The number of benzene rings is 1. The average Bonchev–Trinajstić information content (AvgIpc) is 2.65. The lowest BCUT2D eigenvalue weighted by Gasteiger charge is -2.07.